The monoisotopic (exact) mass is 366 g/mol. The fraction of sp³-hybridized carbons (Fsp3) is 0.200. The first-order chi connectivity index (χ1) is 12.7. The molecule has 0 aliphatic carbocycles. The maximum atomic E-state index is 5.79. The molecule has 2 aromatic carbocycles. The van der Waals surface area contributed by atoms with E-state index in [1.165, 1.54) is 4.90 Å². The zero-order valence-corrected chi connectivity index (χ0v) is 15.8. The number of ether oxygens (including phenoxy) is 1. The minimum atomic E-state index is 0.647. The van der Waals surface area contributed by atoms with Gasteiger partial charge in [-0.1, -0.05) is 36.4 Å². The molecule has 0 unspecified atom stereocenters. The number of thioether (sulfide) groups is 1. The van der Waals surface area contributed by atoms with E-state index < -0.39 is 0 Å². The Morgan fingerprint density at radius 2 is 1.88 bits per heavy atom. The highest BCUT2D eigenvalue weighted by atomic mass is 32.2. The molecule has 0 spiro atoms. The Balaban J connectivity index is 1.72. The third kappa shape index (κ3) is 4.89. The molecule has 0 N–H and O–H groups in total. The summed E-state index contributed by atoms with van der Waals surface area (Å²) in [5.74, 6) is 2.60. The molecule has 0 saturated heterocycles. The summed E-state index contributed by atoms with van der Waals surface area (Å²) in [6, 6.07) is 18.2. The molecule has 0 amide bonds. The predicted molar refractivity (Wildman–Crippen MR) is 107 cm³/mol. The van der Waals surface area contributed by atoms with E-state index in [0.717, 1.165) is 22.9 Å². The fourth-order valence-electron chi connectivity index (χ4n) is 2.42. The Bertz CT molecular complexity index is 832. The van der Waals surface area contributed by atoms with Crippen molar-refractivity contribution in [2.75, 3.05) is 26.5 Å². The van der Waals surface area contributed by atoms with Crippen molar-refractivity contribution >= 4 is 17.6 Å². The number of para-hydroxylation sites is 1. The van der Waals surface area contributed by atoms with Crippen LogP contribution in [0.15, 0.2) is 83.3 Å². The Morgan fingerprint density at radius 1 is 1.12 bits per heavy atom. The number of imidazole rings is 1. The van der Waals surface area contributed by atoms with Gasteiger partial charge in [0.15, 0.2) is 5.84 Å². The lowest BCUT2D eigenvalue weighted by Crippen LogP contribution is -2.18. The normalized spacial score (nSPS) is 11.4. The second kappa shape index (κ2) is 9.10. The van der Waals surface area contributed by atoms with Gasteiger partial charge in [-0.05, 0) is 18.2 Å². The van der Waals surface area contributed by atoms with Crippen molar-refractivity contribution in [3.8, 4) is 5.75 Å². The van der Waals surface area contributed by atoms with Gasteiger partial charge in [-0.2, -0.15) is 5.10 Å². The molecule has 6 heteroatoms. The van der Waals surface area contributed by atoms with E-state index in [1.807, 2.05) is 67.3 Å². The lowest BCUT2D eigenvalue weighted by Gasteiger charge is -2.15. The van der Waals surface area contributed by atoms with Gasteiger partial charge in [-0.15, -0.1) is 11.8 Å². The average Bonchev–Trinajstić information content (AvgIpc) is 3.19. The van der Waals surface area contributed by atoms with Gasteiger partial charge in [0.2, 0.25) is 0 Å². The van der Waals surface area contributed by atoms with Gasteiger partial charge in [0.05, 0.1) is 6.61 Å². The average molecular weight is 366 g/mol. The van der Waals surface area contributed by atoms with Gasteiger partial charge in [0, 0.05) is 42.7 Å². The smallest absolute Gasteiger partial charge is 0.166 e. The standard InChI is InChI=1S/C20H22N4OS/c1-23(2)22-20(24-13-12-21-16-24)18-10-6-7-11-19(18)26-15-14-25-17-8-4-3-5-9-17/h3-13,16H,14-15H2,1-2H3. The van der Waals surface area contributed by atoms with Gasteiger partial charge in [-0.25, -0.2) is 4.98 Å². The molecule has 134 valence electrons. The first-order valence-electron chi connectivity index (χ1n) is 8.38. The van der Waals surface area contributed by atoms with E-state index in [2.05, 4.69) is 22.2 Å². The summed E-state index contributed by atoms with van der Waals surface area (Å²) >= 11 is 1.76. The maximum Gasteiger partial charge on any atom is 0.166 e. The first-order valence-corrected chi connectivity index (χ1v) is 9.37. The van der Waals surface area contributed by atoms with E-state index in [9.17, 15) is 0 Å². The highest BCUT2D eigenvalue weighted by Gasteiger charge is 2.12. The van der Waals surface area contributed by atoms with Crippen LogP contribution in [0.1, 0.15) is 5.56 Å². The summed E-state index contributed by atoms with van der Waals surface area (Å²) in [6.07, 6.45) is 5.43. The van der Waals surface area contributed by atoms with Crippen LogP contribution in [0, 0.1) is 0 Å². The number of hydrogen-bond acceptors (Lipinski definition) is 5. The summed E-state index contributed by atoms with van der Waals surface area (Å²) in [6.45, 7) is 0.647. The highest BCUT2D eigenvalue weighted by molar-refractivity contribution is 7.99. The molecule has 0 bridgehead atoms. The van der Waals surface area contributed by atoms with Crippen LogP contribution in [0.4, 0.5) is 0 Å². The lowest BCUT2D eigenvalue weighted by molar-refractivity contribution is 0.344. The van der Waals surface area contributed by atoms with Crippen molar-refractivity contribution < 1.29 is 4.74 Å². The van der Waals surface area contributed by atoms with Crippen LogP contribution in [0.5, 0.6) is 5.75 Å². The van der Waals surface area contributed by atoms with Gasteiger partial charge in [0.1, 0.15) is 12.1 Å². The Morgan fingerprint density at radius 3 is 2.62 bits per heavy atom. The number of rotatable bonds is 7. The summed E-state index contributed by atoms with van der Waals surface area (Å²) in [5, 5.41) is 6.46. The molecule has 0 aliphatic heterocycles. The van der Waals surface area contributed by atoms with Crippen molar-refractivity contribution in [2.24, 2.45) is 5.10 Å². The summed E-state index contributed by atoms with van der Waals surface area (Å²) in [4.78, 5) is 5.32. The van der Waals surface area contributed by atoms with Crippen LogP contribution in [0.25, 0.3) is 0 Å². The number of benzene rings is 2. The zero-order chi connectivity index (χ0) is 18.2. The molecule has 0 atom stereocenters. The van der Waals surface area contributed by atoms with Crippen LogP contribution in [0.2, 0.25) is 0 Å². The molecule has 0 aliphatic rings. The third-order valence-electron chi connectivity index (χ3n) is 3.52. The molecule has 3 aromatic rings. The number of hydrogen-bond donors (Lipinski definition) is 0. The van der Waals surface area contributed by atoms with Gasteiger partial charge in [0.25, 0.3) is 0 Å². The minimum absolute atomic E-state index is 0.647. The molecule has 1 heterocycles. The summed E-state index contributed by atoms with van der Waals surface area (Å²) in [5.41, 5.74) is 1.07. The van der Waals surface area contributed by atoms with Crippen molar-refractivity contribution in [2.45, 2.75) is 4.90 Å². The molecule has 1 aromatic heterocycles. The molecular formula is C20H22N4OS. The van der Waals surface area contributed by atoms with E-state index in [-0.39, 0.29) is 0 Å². The van der Waals surface area contributed by atoms with Gasteiger partial charge in [-0.3, -0.25) is 4.57 Å². The van der Waals surface area contributed by atoms with Crippen molar-refractivity contribution in [3.63, 3.8) is 0 Å². The lowest BCUT2D eigenvalue weighted by atomic mass is 10.2. The molecule has 0 radical (unpaired) electrons. The Kier molecular flexibility index (Phi) is 6.33. The number of aromatic nitrogens is 2. The van der Waals surface area contributed by atoms with Crippen molar-refractivity contribution in [1.82, 2.24) is 14.6 Å². The van der Waals surface area contributed by atoms with E-state index >= 15 is 0 Å². The largest absolute Gasteiger partial charge is 0.493 e. The number of nitrogens with zero attached hydrogens (tertiary/aromatic N) is 4. The van der Waals surface area contributed by atoms with Gasteiger partial charge < -0.3 is 9.75 Å². The van der Waals surface area contributed by atoms with Crippen LogP contribution < -0.4 is 4.74 Å². The molecule has 0 saturated carbocycles. The van der Waals surface area contributed by atoms with E-state index in [4.69, 9.17) is 4.74 Å². The Labute approximate surface area is 158 Å². The number of hydrazone groups is 1. The summed E-state index contributed by atoms with van der Waals surface area (Å²) < 4.78 is 7.72. The molecular weight excluding hydrogens is 344 g/mol. The molecule has 5 nitrogen and oxygen atoms in total. The minimum Gasteiger partial charge on any atom is -0.493 e. The van der Waals surface area contributed by atoms with Crippen LogP contribution in [-0.4, -0.2) is 46.9 Å². The second-order valence-corrected chi connectivity index (χ2v) is 6.88. The fourth-order valence-corrected chi connectivity index (χ4v) is 3.30. The quantitative estimate of drug-likeness (QED) is 0.210. The molecule has 26 heavy (non-hydrogen) atoms. The first kappa shape index (κ1) is 18.1. The second-order valence-electron chi connectivity index (χ2n) is 5.75. The maximum absolute atomic E-state index is 5.79. The summed E-state index contributed by atoms with van der Waals surface area (Å²) in [7, 11) is 3.83. The van der Waals surface area contributed by atoms with Crippen LogP contribution >= 0.6 is 11.8 Å². The highest BCUT2D eigenvalue weighted by Crippen LogP contribution is 2.24. The molecule has 3 rings (SSSR count). The van der Waals surface area contributed by atoms with Crippen molar-refractivity contribution in [3.05, 3.63) is 78.9 Å². The van der Waals surface area contributed by atoms with Crippen molar-refractivity contribution in [1.29, 1.82) is 0 Å². The Hall–Kier alpha value is -2.73. The van der Waals surface area contributed by atoms with Crippen LogP contribution in [-0.2, 0) is 0 Å². The zero-order valence-electron chi connectivity index (χ0n) is 14.9. The predicted octanol–water partition coefficient (Wildman–Crippen LogP) is 3.83. The molecule has 0 fully saturated rings. The third-order valence-corrected chi connectivity index (χ3v) is 4.56. The topological polar surface area (TPSA) is 42.6 Å². The van der Waals surface area contributed by atoms with E-state index in [0.29, 0.717) is 6.61 Å². The van der Waals surface area contributed by atoms with Gasteiger partial charge >= 0.3 is 0 Å². The SMILES string of the molecule is CN(C)N=C(c1ccccc1SCCOc1ccccc1)n1ccnc1. The van der Waals surface area contributed by atoms with Crippen LogP contribution in [0.3, 0.4) is 0 Å². The van der Waals surface area contributed by atoms with E-state index in [1.54, 1.807) is 29.3 Å².